The van der Waals surface area contributed by atoms with E-state index in [0.29, 0.717) is 5.46 Å². The highest BCUT2D eigenvalue weighted by atomic mass is 16.7. The summed E-state index contributed by atoms with van der Waals surface area (Å²) < 4.78 is 18.2. The Kier molecular flexibility index (Phi) is 3.82. The SMILES string of the molecule is CC(C)(C)OC(=O)n1cc(B2OC(C)(C)C(C)(C)O2)c(N)n1. The van der Waals surface area contributed by atoms with Crippen LogP contribution in [0.1, 0.15) is 48.5 Å². The minimum absolute atomic E-state index is 0.185. The number of aromatic nitrogens is 2. The number of hydrogen-bond donors (Lipinski definition) is 1. The molecule has 7 nitrogen and oxygen atoms in total. The number of anilines is 1. The number of carbonyl (C=O) groups excluding carboxylic acids is 1. The van der Waals surface area contributed by atoms with Crippen LogP contribution in [0.5, 0.6) is 0 Å². The molecular formula is C14H24BN3O4. The summed E-state index contributed by atoms with van der Waals surface area (Å²) >= 11 is 0. The third kappa shape index (κ3) is 3.12. The van der Waals surface area contributed by atoms with Gasteiger partial charge < -0.3 is 19.8 Å². The van der Waals surface area contributed by atoms with Crippen molar-refractivity contribution in [2.45, 2.75) is 65.3 Å². The first kappa shape index (κ1) is 16.8. The average molecular weight is 309 g/mol. The van der Waals surface area contributed by atoms with Gasteiger partial charge in [-0.15, -0.1) is 5.10 Å². The maximum Gasteiger partial charge on any atom is 0.500 e. The van der Waals surface area contributed by atoms with E-state index in [-0.39, 0.29) is 5.82 Å². The van der Waals surface area contributed by atoms with E-state index in [2.05, 4.69) is 5.10 Å². The molecule has 1 aromatic rings. The summed E-state index contributed by atoms with van der Waals surface area (Å²) in [6.45, 7) is 13.1. The minimum atomic E-state index is -0.666. The molecule has 0 aromatic carbocycles. The monoisotopic (exact) mass is 309 g/mol. The van der Waals surface area contributed by atoms with Crippen LogP contribution in [0.3, 0.4) is 0 Å². The number of nitrogens with zero attached hydrogens (tertiary/aromatic N) is 2. The molecule has 0 amide bonds. The summed E-state index contributed by atoms with van der Waals surface area (Å²) in [4.78, 5) is 12.0. The normalized spacial score (nSPS) is 20.2. The van der Waals surface area contributed by atoms with Crippen LogP contribution >= 0.6 is 0 Å². The zero-order chi connectivity index (χ0) is 16.9. The van der Waals surface area contributed by atoms with Gasteiger partial charge in [0.1, 0.15) is 11.4 Å². The Labute approximate surface area is 131 Å². The lowest BCUT2D eigenvalue weighted by molar-refractivity contribution is 0.00578. The molecule has 0 radical (unpaired) electrons. The third-order valence-electron chi connectivity index (χ3n) is 3.86. The van der Waals surface area contributed by atoms with Crippen molar-refractivity contribution in [2.24, 2.45) is 0 Å². The van der Waals surface area contributed by atoms with Gasteiger partial charge >= 0.3 is 13.2 Å². The van der Waals surface area contributed by atoms with E-state index in [1.807, 2.05) is 27.7 Å². The highest BCUT2D eigenvalue weighted by Gasteiger charge is 2.52. The van der Waals surface area contributed by atoms with Crippen molar-refractivity contribution >= 4 is 24.5 Å². The Morgan fingerprint density at radius 1 is 1.27 bits per heavy atom. The lowest BCUT2D eigenvalue weighted by atomic mass is 9.81. The van der Waals surface area contributed by atoms with E-state index in [0.717, 1.165) is 4.68 Å². The minimum Gasteiger partial charge on any atom is -0.442 e. The molecule has 0 unspecified atom stereocenters. The number of ether oxygens (including phenoxy) is 1. The van der Waals surface area contributed by atoms with Gasteiger partial charge in [-0.1, -0.05) is 0 Å². The molecule has 0 aliphatic carbocycles. The molecule has 0 saturated carbocycles. The zero-order valence-electron chi connectivity index (χ0n) is 14.3. The van der Waals surface area contributed by atoms with Crippen LogP contribution in [0.2, 0.25) is 0 Å². The Morgan fingerprint density at radius 2 is 1.77 bits per heavy atom. The Bertz CT molecular complexity index is 573. The molecule has 22 heavy (non-hydrogen) atoms. The first-order chi connectivity index (χ1) is 9.82. The second kappa shape index (κ2) is 4.99. The number of rotatable bonds is 1. The molecule has 1 aliphatic rings. The van der Waals surface area contributed by atoms with E-state index in [1.54, 1.807) is 20.8 Å². The van der Waals surface area contributed by atoms with Crippen molar-refractivity contribution in [3.8, 4) is 0 Å². The van der Waals surface area contributed by atoms with Crippen LogP contribution in [0.4, 0.5) is 10.6 Å². The van der Waals surface area contributed by atoms with Gasteiger partial charge in [0.05, 0.1) is 11.2 Å². The van der Waals surface area contributed by atoms with Gasteiger partial charge in [0.15, 0.2) is 0 Å². The molecule has 2 rings (SSSR count). The smallest absolute Gasteiger partial charge is 0.442 e. The quantitative estimate of drug-likeness (QED) is 0.792. The summed E-state index contributed by atoms with van der Waals surface area (Å²) in [5.41, 5.74) is 4.83. The van der Waals surface area contributed by atoms with E-state index in [9.17, 15) is 4.79 Å². The van der Waals surface area contributed by atoms with Gasteiger partial charge in [0.2, 0.25) is 0 Å². The number of hydrogen-bond acceptors (Lipinski definition) is 6. The van der Waals surface area contributed by atoms with Crippen molar-refractivity contribution in [3.63, 3.8) is 0 Å². The Hall–Kier alpha value is -1.54. The second-order valence-electron chi connectivity index (χ2n) is 7.48. The highest BCUT2D eigenvalue weighted by Crippen LogP contribution is 2.36. The van der Waals surface area contributed by atoms with Gasteiger partial charge in [-0.25, -0.2) is 4.79 Å². The van der Waals surface area contributed by atoms with Gasteiger partial charge in [0.25, 0.3) is 0 Å². The molecule has 1 aromatic heterocycles. The van der Waals surface area contributed by atoms with Crippen LogP contribution < -0.4 is 11.2 Å². The topological polar surface area (TPSA) is 88.6 Å². The van der Waals surface area contributed by atoms with E-state index in [1.165, 1.54) is 6.20 Å². The van der Waals surface area contributed by atoms with E-state index < -0.39 is 30.0 Å². The standard InChI is InChI=1S/C14H24BN3O4/c1-12(2,3)20-11(19)18-8-9(10(16)17-18)15-21-13(4,5)14(6,7)22-15/h8H,1-7H3,(H2,16,17). The molecule has 1 saturated heterocycles. The third-order valence-corrected chi connectivity index (χ3v) is 3.86. The van der Waals surface area contributed by atoms with Crippen molar-refractivity contribution in [1.82, 2.24) is 9.78 Å². The largest absolute Gasteiger partial charge is 0.500 e. The maximum absolute atomic E-state index is 12.0. The van der Waals surface area contributed by atoms with Crippen LogP contribution in [-0.2, 0) is 14.0 Å². The predicted molar refractivity (Wildman–Crippen MR) is 84.0 cm³/mol. The molecule has 2 heterocycles. The molecule has 1 fully saturated rings. The fourth-order valence-corrected chi connectivity index (χ4v) is 1.95. The van der Waals surface area contributed by atoms with Crippen molar-refractivity contribution in [2.75, 3.05) is 5.73 Å². The van der Waals surface area contributed by atoms with Crippen LogP contribution in [0.15, 0.2) is 6.20 Å². The molecule has 0 atom stereocenters. The number of nitrogens with two attached hydrogens (primary N) is 1. The summed E-state index contributed by atoms with van der Waals surface area (Å²) in [7, 11) is -0.666. The predicted octanol–water partition coefficient (Wildman–Crippen LogP) is 1.55. The Morgan fingerprint density at radius 3 is 2.23 bits per heavy atom. The second-order valence-corrected chi connectivity index (χ2v) is 7.48. The molecule has 2 N–H and O–H groups in total. The number of nitrogen functional groups attached to an aromatic ring is 1. The maximum atomic E-state index is 12.0. The zero-order valence-corrected chi connectivity index (χ0v) is 14.3. The van der Waals surface area contributed by atoms with E-state index in [4.69, 9.17) is 19.8 Å². The average Bonchev–Trinajstić information content (AvgIpc) is 2.75. The molecule has 122 valence electrons. The fourth-order valence-electron chi connectivity index (χ4n) is 1.95. The summed E-state index contributed by atoms with van der Waals surface area (Å²) in [6.07, 6.45) is 0.896. The summed E-state index contributed by atoms with van der Waals surface area (Å²) in [6, 6.07) is 0. The molecule has 8 heteroatoms. The van der Waals surface area contributed by atoms with Crippen LogP contribution in [0.25, 0.3) is 0 Å². The Balaban J connectivity index is 2.23. The summed E-state index contributed by atoms with van der Waals surface area (Å²) in [5.74, 6) is 0.185. The van der Waals surface area contributed by atoms with Gasteiger partial charge in [-0.05, 0) is 48.5 Å². The molecule has 0 bridgehead atoms. The first-order valence-corrected chi connectivity index (χ1v) is 7.26. The molecular weight excluding hydrogens is 285 g/mol. The fraction of sp³-hybridized carbons (Fsp3) is 0.714. The lowest BCUT2D eigenvalue weighted by Gasteiger charge is -2.32. The van der Waals surface area contributed by atoms with Crippen LogP contribution in [0, 0.1) is 0 Å². The first-order valence-electron chi connectivity index (χ1n) is 7.26. The van der Waals surface area contributed by atoms with E-state index >= 15 is 0 Å². The van der Waals surface area contributed by atoms with Crippen molar-refractivity contribution < 1.29 is 18.8 Å². The lowest BCUT2D eigenvalue weighted by Crippen LogP contribution is -2.41. The number of carbonyl (C=O) groups is 1. The molecule has 1 aliphatic heterocycles. The van der Waals surface area contributed by atoms with Crippen molar-refractivity contribution in [1.29, 1.82) is 0 Å². The van der Waals surface area contributed by atoms with Gasteiger partial charge in [-0.2, -0.15) is 4.68 Å². The summed E-state index contributed by atoms with van der Waals surface area (Å²) in [5, 5.41) is 3.99. The molecule has 0 spiro atoms. The van der Waals surface area contributed by atoms with Gasteiger partial charge in [0, 0.05) is 11.7 Å². The van der Waals surface area contributed by atoms with Crippen molar-refractivity contribution in [3.05, 3.63) is 6.20 Å². The highest BCUT2D eigenvalue weighted by molar-refractivity contribution is 6.63. The van der Waals surface area contributed by atoms with Gasteiger partial charge in [-0.3, -0.25) is 0 Å². The van der Waals surface area contributed by atoms with Crippen LogP contribution in [-0.4, -0.2) is 39.8 Å².